The third-order valence-corrected chi connectivity index (χ3v) is 8.47. The van der Waals surface area contributed by atoms with Crippen molar-refractivity contribution in [2.75, 3.05) is 19.0 Å². The lowest BCUT2D eigenvalue weighted by atomic mass is 9.60. The van der Waals surface area contributed by atoms with Crippen LogP contribution in [-0.4, -0.2) is 36.5 Å². The molecule has 6 aromatic carbocycles. The van der Waals surface area contributed by atoms with Crippen molar-refractivity contribution in [3.05, 3.63) is 102 Å². The third-order valence-electron chi connectivity index (χ3n) is 8.47. The molecule has 5 heteroatoms. The van der Waals surface area contributed by atoms with E-state index in [9.17, 15) is 20.4 Å². The number of phenols is 2. The maximum absolute atomic E-state index is 14.3. The number of fused-ring (bicyclic) bond motifs is 4. The van der Waals surface area contributed by atoms with Gasteiger partial charge in [0.1, 0.15) is 11.5 Å². The van der Waals surface area contributed by atoms with Crippen LogP contribution in [0.3, 0.4) is 0 Å². The molecular formula is C34H27NO4-2. The van der Waals surface area contributed by atoms with Gasteiger partial charge in [-0.1, -0.05) is 72.8 Å². The lowest BCUT2D eigenvalue weighted by Gasteiger charge is -2.62. The number of aromatic hydroxyl groups is 2. The molecule has 0 amide bonds. The zero-order valence-electron chi connectivity index (χ0n) is 21.6. The van der Waals surface area contributed by atoms with Gasteiger partial charge in [-0.25, -0.2) is 0 Å². The van der Waals surface area contributed by atoms with E-state index < -0.39 is 24.0 Å². The van der Waals surface area contributed by atoms with Gasteiger partial charge >= 0.3 is 0 Å². The molecule has 1 fully saturated rings. The Morgan fingerprint density at radius 3 is 1.77 bits per heavy atom. The van der Waals surface area contributed by atoms with Crippen molar-refractivity contribution in [1.82, 2.24) is 0 Å². The summed E-state index contributed by atoms with van der Waals surface area (Å²) >= 11 is 0. The number of hydrogen-bond donors (Lipinski definition) is 2. The Bertz CT molecular complexity index is 1920. The van der Waals surface area contributed by atoms with E-state index in [-0.39, 0.29) is 11.5 Å². The van der Waals surface area contributed by atoms with Crippen LogP contribution in [0.1, 0.15) is 23.0 Å². The average Bonchev–Trinajstić information content (AvgIpc) is 2.92. The first kappa shape index (κ1) is 23.8. The van der Waals surface area contributed by atoms with Gasteiger partial charge in [-0.3, -0.25) is 0 Å². The monoisotopic (exact) mass is 513 g/mol. The fourth-order valence-electron chi connectivity index (χ4n) is 6.87. The Balaban J connectivity index is 1.50. The molecule has 2 unspecified atom stereocenters. The molecule has 0 spiro atoms. The molecule has 0 saturated heterocycles. The van der Waals surface area contributed by atoms with Crippen molar-refractivity contribution in [3.63, 3.8) is 0 Å². The summed E-state index contributed by atoms with van der Waals surface area (Å²) in [6.45, 7) is 0. The van der Waals surface area contributed by atoms with Gasteiger partial charge in [0.05, 0.1) is 5.69 Å². The van der Waals surface area contributed by atoms with Crippen LogP contribution >= 0.6 is 0 Å². The summed E-state index contributed by atoms with van der Waals surface area (Å²) in [5.41, 5.74) is 2.18. The van der Waals surface area contributed by atoms with Crippen LogP contribution in [0.5, 0.6) is 11.5 Å². The molecule has 5 nitrogen and oxygen atoms in total. The average molecular weight is 514 g/mol. The number of nitrogens with zero attached hydrogens (tertiary/aromatic N) is 1. The fraction of sp³-hybridized carbons (Fsp3) is 0.176. The molecule has 1 aliphatic rings. The van der Waals surface area contributed by atoms with E-state index in [1.165, 1.54) is 0 Å². The van der Waals surface area contributed by atoms with Crippen LogP contribution in [0.2, 0.25) is 0 Å². The first-order chi connectivity index (χ1) is 18.9. The molecule has 194 valence electrons. The van der Waals surface area contributed by atoms with E-state index in [1.54, 1.807) is 24.3 Å². The normalized spacial score (nSPS) is 21.0. The molecule has 2 N–H and O–H groups in total. The zero-order valence-corrected chi connectivity index (χ0v) is 21.6. The van der Waals surface area contributed by atoms with E-state index in [4.69, 9.17) is 0 Å². The van der Waals surface area contributed by atoms with E-state index in [0.717, 1.165) is 38.0 Å². The Hall–Kier alpha value is -4.32. The molecule has 0 heterocycles. The first-order valence-corrected chi connectivity index (χ1v) is 13.2. The number of rotatable bonds is 3. The number of phenolic OH excluding ortho intramolecular Hbond substituents is 2. The minimum Gasteiger partial charge on any atom is -0.851 e. The summed E-state index contributed by atoms with van der Waals surface area (Å²) in [5.74, 6) is -1.57. The second-order valence-electron chi connectivity index (χ2n) is 10.8. The summed E-state index contributed by atoms with van der Waals surface area (Å²) in [6, 6.07) is 28.1. The Morgan fingerprint density at radius 2 is 1.08 bits per heavy atom. The number of anilines is 1. The smallest absolute Gasteiger partial charge is 0.123 e. The maximum atomic E-state index is 14.3. The predicted octanol–water partition coefficient (Wildman–Crippen LogP) is 5.12. The van der Waals surface area contributed by atoms with Gasteiger partial charge in [0, 0.05) is 35.6 Å². The third kappa shape index (κ3) is 3.27. The molecule has 0 aliphatic heterocycles. The second-order valence-corrected chi connectivity index (χ2v) is 10.8. The van der Waals surface area contributed by atoms with Crippen LogP contribution in [0.4, 0.5) is 5.69 Å². The number of benzene rings is 6. The summed E-state index contributed by atoms with van der Waals surface area (Å²) in [6.07, 6.45) is -2.50. The highest BCUT2D eigenvalue weighted by molar-refractivity contribution is 6.16. The van der Waals surface area contributed by atoms with Gasteiger partial charge in [-0.15, -0.1) is 12.2 Å². The van der Waals surface area contributed by atoms with Crippen LogP contribution in [0.15, 0.2) is 91.0 Å². The van der Waals surface area contributed by atoms with Gasteiger partial charge in [-0.2, -0.15) is 0 Å². The van der Waals surface area contributed by atoms with E-state index >= 15 is 0 Å². The van der Waals surface area contributed by atoms with Crippen LogP contribution in [0.25, 0.3) is 43.1 Å². The SMILES string of the molecule is CN(C)c1c2ccccc2c(C2C([O-])C(c3c4ccccc4cc4cccc(O)c34)C2[O-])c2c(O)cccc12. The standard InChI is InChI=1S/C34H27NO4/c1-35(2)32-22-13-6-5-12-21(22)29(27-23(32)14-8-16-25(27)37)31-33(38)30(34(31)39)28-20-11-4-3-9-18(20)17-19-10-7-15-24(36)26(19)28/h3-17,30-31,33-34,36-37H,1-2H3/q-2. The molecular weight excluding hydrogens is 486 g/mol. The first-order valence-electron chi connectivity index (χ1n) is 13.2. The maximum Gasteiger partial charge on any atom is 0.123 e. The Morgan fingerprint density at radius 1 is 0.564 bits per heavy atom. The lowest BCUT2D eigenvalue weighted by Crippen LogP contribution is -2.63. The van der Waals surface area contributed by atoms with Crippen LogP contribution in [0, 0.1) is 0 Å². The number of hydrogen-bond acceptors (Lipinski definition) is 5. The molecule has 0 radical (unpaired) electrons. The van der Waals surface area contributed by atoms with Crippen molar-refractivity contribution >= 4 is 48.8 Å². The van der Waals surface area contributed by atoms with Crippen molar-refractivity contribution in [2.45, 2.75) is 24.0 Å². The topological polar surface area (TPSA) is 89.8 Å². The summed E-state index contributed by atoms with van der Waals surface area (Å²) in [7, 11) is 3.91. The minimum absolute atomic E-state index is 0.0625. The molecule has 39 heavy (non-hydrogen) atoms. The minimum atomic E-state index is -1.25. The molecule has 6 aromatic rings. The molecule has 2 atom stereocenters. The quantitative estimate of drug-likeness (QED) is 0.321. The molecule has 0 bridgehead atoms. The highest BCUT2D eigenvalue weighted by Gasteiger charge is 2.42. The molecule has 7 rings (SSSR count). The van der Waals surface area contributed by atoms with Crippen molar-refractivity contribution < 1.29 is 20.4 Å². The van der Waals surface area contributed by atoms with E-state index in [0.29, 0.717) is 21.9 Å². The van der Waals surface area contributed by atoms with Gasteiger partial charge in [-0.05, 0) is 62.7 Å². The summed E-state index contributed by atoms with van der Waals surface area (Å²) in [4.78, 5) is 2.01. The fourth-order valence-corrected chi connectivity index (χ4v) is 6.87. The Labute approximate surface area is 225 Å². The summed E-state index contributed by atoms with van der Waals surface area (Å²) in [5, 5.41) is 56.8. The van der Waals surface area contributed by atoms with Crippen molar-refractivity contribution in [2.24, 2.45) is 0 Å². The lowest BCUT2D eigenvalue weighted by molar-refractivity contribution is -0.535. The van der Waals surface area contributed by atoms with E-state index in [2.05, 4.69) is 0 Å². The summed E-state index contributed by atoms with van der Waals surface area (Å²) < 4.78 is 0. The van der Waals surface area contributed by atoms with Crippen molar-refractivity contribution in [3.8, 4) is 11.5 Å². The predicted molar refractivity (Wildman–Crippen MR) is 154 cm³/mol. The molecule has 1 aliphatic carbocycles. The largest absolute Gasteiger partial charge is 0.851 e. The zero-order chi connectivity index (χ0) is 27.0. The highest BCUT2D eigenvalue weighted by Crippen LogP contribution is 2.55. The molecule has 0 aromatic heterocycles. The van der Waals surface area contributed by atoms with Gasteiger partial charge in [0.25, 0.3) is 0 Å². The van der Waals surface area contributed by atoms with Gasteiger partial charge in [0.15, 0.2) is 0 Å². The van der Waals surface area contributed by atoms with E-state index in [1.807, 2.05) is 85.7 Å². The second kappa shape index (κ2) is 8.60. The molecule has 1 saturated carbocycles. The van der Waals surface area contributed by atoms with Crippen molar-refractivity contribution in [1.29, 1.82) is 0 Å². The Kier molecular flexibility index (Phi) is 5.24. The van der Waals surface area contributed by atoms with Crippen LogP contribution in [-0.2, 0) is 0 Å². The van der Waals surface area contributed by atoms with Gasteiger partial charge < -0.3 is 25.3 Å². The van der Waals surface area contributed by atoms with Crippen LogP contribution < -0.4 is 15.1 Å². The highest BCUT2D eigenvalue weighted by atomic mass is 16.3. The van der Waals surface area contributed by atoms with Gasteiger partial charge in [0.2, 0.25) is 0 Å².